The molecule has 1 aromatic rings. The maximum atomic E-state index is 11.4. The Morgan fingerprint density at radius 2 is 1.76 bits per heavy atom. The molecular weight excluding hydrogens is 285 g/mol. The van der Waals surface area contributed by atoms with Crippen LogP contribution in [0, 0.1) is 0 Å². The highest BCUT2D eigenvalue weighted by atomic mass is 35.5. The van der Waals surface area contributed by atoms with E-state index in [2.05, 4.69) is 5.32 Å². The normalized spacial score (nSPS) is 10.0. The first-order valence-corrected chi connectivity index (χ1v) is 6.44. The van der Waals surface area contributed by atoms with E-state index in [1.54, 1.807) is 18.2 Å². The Labute approximate surface area is 112 Å². The topological polar surface area (TPSA) is 66.4 Å². The molecule has 0 aromatic heterocycles. The second-order valence-electron chi connectivity index (χ2n) is 3.09. The number of carbonyl (C=O) groups excluding carboxylic acids is 1. The van der Waals surface area contributed by atoms with E-state index in [0.717, 1.165) is 11.8 Å². The van der Waals surface area contributed by atoms with Crippen LogP contribution in [0.1, 0.15) is 0 Å². The van der Waals surface area contributed by atoms with E-state index in [1.165, 1.54) is 0 Å². The number of hydrogen-bond acceptors (Lipinski definition) is 3. The third kappa shape index (κ3) is 5.81. The van der Waals surface area contributed by atoms with E-state index in [9.17, 15) is 9.59 Å². The smallest absolute Gasteiger partial charge is 0.313 e. The van der Waals surface area contributed by atoms with Gasteiger partial charge in [-0.25, -0.2) is 0 Å². The predicted octanol–water partition coefficient (Wildman–Crippen LogP) is 2.75. The van der Waals surface area contributed by atoms with Crippen molar-refractivity contribution in [2.24, 2.45) is 0 Å². The van der Waals surface area contributed by atoms with Crippen LogP contribution in [0.5, 0.6) is 0 Å². The van der Waals surface area contributed by atoms with Gasteiger partial charge < -0.3 is 10.4 Å². The van der Waals surface area contributed by atoms with E-state index in [0.29, 0.717) is 15.7 Å². The summed E-state index contributed by atoms with van der Waals surface area (Å²) in [6, 6.07) is 4.68. The number of amides is 1. The van der Waals surface area contributed by atoms with Gasteiger partial charge in [-0.2, -0.15) is 0 Å². The average Bonchev–Trinajstić information content (AvgIpc) is 2.14. The van der Waals surface area contributed by atoms with E-state index >= 15 is 0 Å². The van der Waals surface area contributed by atoms with Crippen LogP contribution in [-0.4, -0.2) is 28.5 Å². The summed E-state index contributed by atoms with van der Waals surface area (Å²) in [6.45, 7) is 0. The van der Waals surface area contributed by atoms with E-state index in [1.807, 2.05) is 0 Å². The quantitative estimate of drug-likeness (QED) is 0.876. The van der Waals surface area contributed by atoms with Gasteiger partial charge in [0.15, 0.2) is 0 Å². The molecule has 92 valence electrons. The van der Waals surface area contributed by atoms with Gasteiger partial charge in [0.25, 0.3) is 0 Å². The van der Waals surface area contributed by atoms with Gasteiger partial charge in [-0.3, -0.25) is 9.59 Å². The molecule has 1 amide bonds. The van der Waals surface area contributed by atoms with Crippen LogP contribution < -0.4 is 5.32 Å². The molecule has 0 unspecified atom stereocenters. The van der Waals surface area contributed by atoms with Gasteiger partial charge in [0.05, 0.1) is 11.5 Å². The molecule has 0 radical (unpaired) electrons. The highest BCUT2D eigenvalue weighted by Crippen LogP contribution is 2.22. The number of rotatable bonds is 5. The predicted molar refractivity (Wildman–Crippen MR) is 70.1 cm³/mol. The molecule has 1 rings (SSSR count). The van der Waals surface area contributed by atoms with Gasteiger partial charge in [-0.1, -0.05) is 23.2 Å². The molecule has 0 fully saturated rings. The highest BCUT2D eigenvalue weighted by molar-refractivity contribution is 8.00. The zero-order valence-electron chi connectivity index (χ0n) is 8.57. The monoisotopic (exact) mass is 293 g/mol. The van der Waals surface area contributed by atoms with E-state index in [4.69, 9.17) is 28.3 Å². The van der Waals surface area contributed by atoms with Crippen LogP contribution >= 0.6 is 35.0 Å². The number of hydrogen-bond donors (Lipinski definition) is 2. The lowest BCUT2D eigenvalue weighted by atomic mass is 10.3. The van der Waals surface area contributed by atoms with Crippen LogP contribution in [0.4, 0.5) is 5.69 Å². The molecule has 0 heterocycles. The van der Waals surface area contributed by atoms with Crippen LogP contribution in [0.15, 0.2) is 18.2 Å². The van der Waals surface area contributed by atoms with Crippen LogP contribution in [-0.2, 0) is 9.59 Å². The average molecular weight is 294 g/mol. The van der Waals surface area contributed by atoms with Gasteiger partial charge in [-0.15, -0.1) is 11.8 Å². The largest absolute Gasteiger partial charge is 0.481 e. The summed E-state index contributed by atoms with van der Waals surface area (Å²) in [4.78, 5) is 21.6. The summed E-state index contributed by atoms with van der Waals surface area (Å²) in [5, 5.41) is 11.8. The van der Waals surface area contributed by atoms with Gasteiger partial charge in [0, 0.05) is 15.7 Å². The molecule has 0 aliphatic rings. The van der Waals surface area contributed by atoms with Crippen LogP contribution in [0.2, 0.25) is 10.0 Å². The molecule has 0 spiro atoms. The number of carbonyl (C=O) groups is 2. The molecule has 0 bridgehead atoms. The second kappa shape index (κ2) is 6.74. The number of anilines is 1. The zero-order chi connectivity index (χ0) is 12.8. The van der Waals surface area contributed by atoms with E-state index < -0.39 is 5.97 Å². The molecule has 17 heavy (non-hydrogen) atoms. The number of aliphatic carboxylic acids is 1. The number of thioether (sulfide) groups is 1. The summed E-state index contributed by atoms with van der Waals surface area (Å²) in [5.74, 6) is -1.29. The van der Waals surface area contributed by atoms with E-state index in [-0.39, 0.29) is 17.4 Å². The van der Waals surface area contributed by atoms with Crippen molar-refractivity contribution in [3.63, 3.8) is 0 Å². The van der Waals surface area contributed by atoms with Crippen molar-refractivity contribution in [1.82, 2.24) is 0 Å². The maximum Gasteiger partial charge on any atom is 0.313 e. The van der Waals surface area contributed by atoms with Crippen molar-refractivity contribution in [3.05, 3.63) is 28.2 Å². The van der Waals surface area contributed by atoms with Gasteiger partial charge >= 0.3 is 5.97 Å². The molecule has 4 nitrogen and oxygen atoms in total. The van der Waals surface area contributed by atoms with Crippen molar-refractivity contribution in [3.8, 4) is 0 Å². The fourth-order valence-corrected chi connectivity index (χ4v) is 2.11. The summed E-state index contributed by atoms with van der Waals surface area (Å²) in [7, 11) is 0. The van der Waals surface area contributed by atoms with Crippen LogP contribution in [0.3, 0.4) is 0 Å². The standard InChI is InChI=1S/C10H9Cl2NO3S/c11-6-1-7(12)3-8(2-6)13-9(14)4-17-5-10(15)16/h1-3H,4-5H2,(H,13,14)(H,15,16). The van der Waals surface area contributed by atoms with Gasteiger partial charge in [-0.05, 0) is 18.2 Å². The van der Waals surface area contributed by atoms with Gasteiger partial charge in [0.1, 0.15) is 0 Å². The third-order valence-electron chi connectivity index (χ3n) is 1.61. The molecule has 0 atom stereocenters. The maximum absolute atomic E-state index is 11.4. The zero-order valence-corrected chi connectivity index (χ0v) is 10.9. The van der Waals surface area contributed by atoms with Gasteiger partial charge in [0.2, 0.25) is 5.91 Å². The van der Waals surface area contributed by atoms with Crippen molar-refractivity contribution in [1.29, 1.82) is 0 Å². The Bertz CT molecular complexity index is 419. The summed E-state index contributed by atoms with van der Waals surface area (Å²) >= 11 is 12.5. The minimum absolute atomic E-state index is 0.0659. The highest BCUT2D eigenvalue weighted by Gasteiger charge is 2.06. The fourth-order valence-electron chi connectivity index (χ4n) is 1.05. The number of benzene rings is 1. The molecule has 0 saturated carbocycles. The lowest BCUT2D eigenvalue weighted by molar-refractivity contribution is -0.133. The molecular formula is C10H9Cl2NO3S. The van der Waals surface area contributed by atoms with Crippen LogP contribution in [0.25, 0.3) is 0 Å². The molecule has 0 saturated heterocycles. The fraction of sp³-hybridized carbons (Fsp3) is 0.200. The van der Waals surface area contributed by atoms with Crippen molar-refractivity contribution < 1.29 is 14.7 Å². The summed E-state index contributed by atoms with van der Waals surface area (Å²) in [5.41, 5.74) is 0.489. The molecule has 1 aromatic carbocycles. The SMILES string of the molecule is O=C(O)CSCC(=O)Nc1cc(Cl)cc(Cl)c1. The Morgan fingerprint density at radius 3 is 2.29 bits per heavy atom. The lowest BCUT2D eigenvalue weighted by Crippen LogP contribution is -2.15. The third-order valence-corrected chi connectivity index (χ3v) is 2.96. The first-order chi connectivity index (χ1) is 7.97. The number of nitrogens with one attached hydrogen (secondary N) is 1. The first-order valence-electron chi connectivity index (χ1n) is 4.53. The lowest BCUT2D eigenvalue weighted by Gasteiger charge is -2.05. The Kier molecular flexibility index (Phi) is 5.61. The minimum Gasteiger partial charge on any atom is -0.481 e. The van der Waals surface area contributed by atoms with Crippen molar-refractivity contribution in [2.75, 3.05) is 16.8 Å². The Hall–Kier alpha value is -0.910. The number of carboxylic acid groups (broad SMARTS) is 1. The second-order valence-corrected chi connectivity index (χ2v) is 4.95. The molecule has 0 aliphatic heterocycles. The summed E-state index contributed by atoms with van der Waals surface area (Å²) in [6.07, 6.45) is 0. The van der Waals surface area contributed by atoms with Crippen molar-refractivity contribution in [2.45, 2.75) is 0 Å². The van der Waals surface area contributed by atoms with Crippen molar-refractivity contribution >= 4 is 52.5 Å². The Balaban J connectivity index is 2.47. The first kappa shape index (κ1) is 14.2. The number of carboxylic acids is 1. The summed E-state index contributed by atoms with van der Waals surface area (Å²) < 4.78 is 0. The number of halogens is 2. The Morgan fingerprint density at radius 1 is 1.18 bits per heavy atom. The minimum atomic E-state index is -0.950. The molecule has 0 aliphatic carbocycles. The molecule has 2 N–H and O–H groups in total. The molecule has 7 heteroatoms.